The van der Waals surface area contributed by atoms with Gasteiger partial charge in [0.1, 0.15) is 11.6 Å². The van der Waals surface area contributed by atoms with Gasteiger partial charge in [-0.1, -0.05) is 12.1 Å². The van der Waals surface area contributed by atoms with Crippen LogP contribution in [0, 0.1) is 5.82 Å². The molecule has 5 nitrogen and oxygen atoms in total. The van der Waals surface area contributed by atoms with Crippen molar-refractivity contribution in [3.05, 3.63) is 59.4 Å². The van der Waals surface area contributed by atoms with Crippen LogP contribution in [0.3, 0.4) is 0 Å². The zero-order valence-corrected chi connectivity index (χ0v) is 19.2. The molecule has 0 atom stereocenters. The second kappa shape index (κ2) is 10.7. The molecular weight excluding hydrogens is 397 g/mol. The molecule has 0 aliphatic heterocycles. The number of nitrogen functional groups attached to an aromatic ring is 1. The Balaban J connectivity index is 1.96. The predicted molar refractivity (Wildman–Crippen MR) is 121 cm³/mol. The summed E-state index contributed by atoms with van der Waals surface area (Å²) in [5.41, 5.74) is 7.84. The van der Waals surface area contributed by atoms with E-state index in [2.05, 4.69) is 13.8 Å². The highest BCUT2D eigenvalue weighted by Gasteiger charge is 2.25. The standard InChI is InChI=1S/C25H34FNO4/c1-6-29-24(2,3)15-16-30-25(4,5)19-8-13-22(27)18(17-19)7-14-23(28)31-21-11-9-20(26)10-12-21/h8-13,17H,6-7,14-16,27H2,1-5H3. The molecule has 0 bridgehead atoms. The third-order valence-corrected chi connectivity index (χ3v) is 5.18. The van der Waals surface area contributed by atoms with E-state index >= 15 is 0 Å². The summed E-state index contributed by atoms with van der Waals surface area (Å²) in [6.45, 7) is 11.3. The molecule has 0 aliphatic carbocycles. The minimum Gasteiger partial charge on any atom is -0.427 e. The molecule has 2 aromatic rings. The van der Waals surface area contributed by atoms with E-state index < -0.39 is 11.6 Å². The number of ether oxygens (including phenoxy) is 3. The molecule has 0 unspecified atom stereocenters. The number of hydrogen-bond donors (Lipinski definition) is 1. The fourth-order valence-electron chi connectivity index (χ4n) is 3.22. The van der Waals surface area contributed by atoms with Gasteiger partial charge < -0.3 is 19.9 Å². The number of esters is 1. The lowest BCUT2D eigenvalue weighted by atomic mass is 9.93. The third kappa shape index (κ3) is 7.96. The molecule has 2 rings (SSSR count). The molecule has 170 valence electrons. The maximum absolute atomic E-state index is 13.0. The summed E-state index contributed by atoms with van der Waals surface area (Å²) < 4.78 is 30.1. The van der Waals surface area contributed by atoms with E-state index in [9.17, 15) is 9.18 Å². The van der Waals surface area contributed by atoms with Crippen molar-refractivity contribution in [2.45, 2.75) is 65.1 Å². The number of hydrogen-bond acceptors (Lipinski definition) is 5. The van der Waals surface area contributed by atoms with Crippen LogP contribution in [-0.2, 0) is 26.3 Å². The van der Waals surface area contributed by atoms with Crippen molar-refractivity contribution >= 4 is 11.7 Å². The number of halogens is 1. The van der Waals surface area contributed by atoms with E-state index in [1.165, 1.54) is 24.3 Å². The number of aryl methyl sites for hydroxylation is 1. The lowest BCUT2D eigenvalue weighted by Crippen LogP contribution is -2.29. The highest BCUT2D eigenvalue weighted by molar-refractivity contribution is 5.73. The Morgan fingerprint density at radius 1 is 1.03 bits per heavy atom. The number of anilines is 1. The monoisotopic (exact) mass is 431 g/mol. The number of nitrogens with two attached hydrogens (primary N) is 1. The highest BCUT2D eigenvalue weighted by Crippen LogP contribution is 2.29. The maximum atomic E-state index is 13.0. The fraction of sp³-hybridized carbons (Fsp3) is 0.480. The minimum atomic E-state index is -0.515. The van der Waals surface area contributed by atoms with Crippen LogP contribution >= 0.6 is 0 Å². The van der Waals surface area contributed by atoms with E-state index in [4.69, 9.17) is 19.9 Å². The fourth-order valence-corrected chi connectivity index (χ4v) is 3.22. The first-order valence-electron chi connectivity index (χ1n) is 10.7. The van der Waals surface area contributed by atoms with E-state index in [1.807, 2.05) is 39.0 Å². The lowest BCUT2D eigenvalue weighted by molar-refractivity contribution is -0.134. The number of carbonyl (C=O) groups excluding carboxylic acids is 1. The summed E-state index contributed by atoms with van der Waals surface area (Å²) >= 11 is 0. The van der Waals surface area contributed by atoms with Gasteiger partial charge >= 0.3 is 5.97 Å². The highest BCUT2D eigenvalue weighted by atomic mass is 19.1. The average molecular weight is 432 g/mol. The van der Waals surface area contributed by atoms with Crippen LogP contribution in [0.1, 0.15) is 58.6 Å². The van der Waals surface area contributed by atoms with E-state index in [-0.39, 0.29) is 17.8 Å². The number of rotatable bonds is 11. The SMILES string of the molecule is CCOC(C)(C)CCOC(C)(C)c1ccc(N)c(CCC(=O)Oc2ccc(F)cc2)c1. The molecule has 0 fully saturated rings. The molecule has 0 saturated heterocycles. The first-order valence-corrected chi connectivity index (χ1v) is 10.7. The van der Waals surface area contributed by atoms with Crippen molar-refractivity contribution in [3.8, 4) is 5.75 Å². The second-order valence-corrected chi connectivity index (χ2v) is 8.64. The van der Waals surface area contributed by atoms with Gasteiger partial charge in [-0.25, -0.2) is 4.39 Å². The molecule has 0 saturated carbocycles. The smallest absolute Gasteiger partial charge is 0.311 e. The zero-order valence-electron chi connectivity index (χ0n) is 19.2. The van der Waals surface area contributed by atoms with Crippen LogP contribution in [0.5, 0.6) is 5.75 Å². The largest absolute Gasteiger partial charge is 0.427 e. The van der Waals surface area contributed by atoms with Gasteiger partial charge in [0.05, 0.1) is 24.2 Å². The Bertz CT molecular complexity index is 862. The summed E-state index contributed by atoms with van der Waals surface area (Å²) in [5, 5.41) is 0. The first-order chi connectivity index (χ1) is 14.5. The van der Waals surface area contributed by atoms with Crippen LogP contribution in [0.25, 0.3) is 0 Å². The molecule has 6 heteroatoms. The minimum absolute atomic E-state index is 0.162. The molecule has 0 amide bonds. The zero-order chi connectivity index (χ0) is 23.1. The summed E-state index contributed by atoms with van der Waals surface area (Å²) in [6, 6.07) is 11.1. The molecule has 0 heterocycles. The van der Waals surface area contributed by atoms with Crippen LogP contribution in [0.4, 0.5) is 10.1 Å². The van der Waals surface area contributed by atoms with Crippen molar-refractivity contribution in [3.63, 3.8) is 0 Å². The van der Waals surface area contributed by atoms with Crippen molar-refractivity contribution in [2.75, 3.05) is 18.9 Å². The van der Waals surface area contributed by atoms with Crippen molar-refractivity contribution in [2.24, 2.45) is 0 Å². The Labute approximate surface area is 184 Å². The van der Waals surface area contributed by atoms with Gasteiger partial charge in [-0.3, -0.25) is 4.79 Å². The summed E-state index contributed by atoms with van der Waals surface area (Å²) in [6.07, 6.45) is 1.38. The molecule has 0 spiro atoms. The second-order valence-electron chi connectivity index (χ2n) is 8.64. The number of benzene rings is 2. The Morgan fingerprint density at radius 2 is 1.71 bits per heavy atom. The quantitative estimate of drug-likeness (QED) is 0.293. The summed E-state index contributed by atoms with van der Waals surface area (Å²) in [4.78, 5) is 12.2. The molecular formula is C25H34FNO4. The van der Waals surface area contributed by atoms with Crippen molar-refractivity contribution in [1.29, 1.82) is 0 Å². The van der Waals surface area contributed by atoms with Gasteiger partial charge in [0.2, 0.25) is 0 Å². The Kier molecular flexibility index (Phi) is 8.60. The summed E-state index contributed by atoms with van der Waals surface area (Å²) in [5.74, 6) is -0.460. The van der Waals surface area contributed by atoms with Crippen LogP contribution < -0.4 is 10.5 Å². The Morgan fingerprint density at radius 3 is 2.35 bits per heavy atom. The third-order valence-electron chi connectivity index (χ3n) is 5.18. The van der Waals surface area contributed by atoms with Crippen molar-refractivity contribution in [1.82, 2.24) is 0 Å². The molecule has 0 aliphatic rings. The predicted octanol–water partition coefficient (Wildman–Crippen LogP) is 5.40. The number of carbonyl (C=O) groups is 1. The topological polar surface area (TPSA) is 70.8 Å². The average Bonchev–Trinajstić information content (AvgIpc) is 2.68. The van der Waals surface area contributed by atoms with Gasteiger partial charge in [0, 0.05) is 12.3 Å². The van der Waals surface area contributed by atoms with Gasteiger partial charge in [-0.15, -0.1) is 0 Å². The van der Waals surface area contributed by atoms with Gasteiger partial charge in [0.15, 0.2) is 0 Å². The first kappa shape index (κ1) is 24.8. The van der Waals surface area contributed by atoms with E-state index in [0.717, 1.165) is 17.5 Å². The molecule has 0 aromatic heterocycles. The lowest BCUT2D eigenvalue weighted by Gasteiger charge is -2.30. The molecule has 0 radical (unpaired) electrons. The summed E-state index contributed by atoms with van der Waals surface area (Å²) in [7, 11) is 0. The molecule has 31 heavy (non-hydrogen) atoms. The van der Waals surface area contributed by atoms with Gasteiger partial charge in [0.25, 0.3) is 0 Å². The van der Waals surface area contributed by atoms with E-state index in [0.29, 0.717) is 31.1 Å². The van der Waals surface area contributed by atoms with Crippen molar-refractivity contribution < 1.29 is 23.4 Å². The van der Waals surface area contributed by atoms with Crippen LogP contribution in [-0.4, -0.2) is 24.8 Å². The maximum Gasteiger partial charge on any atom is 0.311 e. The van der Waals surface area contributed by atoms with Crippen LogP contribution in [0.15, 0.2) is 42.5 Å². The van der Waals surface area contributed by atoms with E-state index in [1.54, 1.807) is 0 Å². The normalized spacial score (nSPS) is 12.1. The van der Waals surface area contributed by atoms with Gasteiger partial charge in [-0.05, 0) is 88.9 Å². The Hall–Kier alpha value is -2.44. The molecule has 2 N–H and O–H groups in total. The van der Waals surface area contributed by atoms with Crippen LogP contribution in [0.2, 0.25) is 0 Å². The van der Waals surface area contributed by atoms with Gasteiger partial charge in [-0.2, -0.15) is 0 Å². The molecule has 2 aromatic carbocycles.